The summed E-state index contributed by atoms with van der Waals surface area (Å²) in [4.78, 5) is 11.6. The number of carbonyl (C=O) groups excluding carboxylic acids is 1. The van der Waals surface area contributed by atoms with Crippen LogP contribution in [0.4, 0.5) is 0 Å². The molecule has 0 spiro atoms. The molecule has 0 bridgehead atoms. The lowest BCUT2D eigenvalue weighted by molar-refractivity contribution is 0.102. The van der Waals surface area contributed by atoms with E-state index >= 15 is 0 Å². The highest BCUT2D eigenvalue weighted by Crippen LogP contribution is 2.16. The van der Waals surface area contributed by atoms with Gasteiger partial charge in [-0.1, -0.05) is 30.7 Å². The molecule has 1 aromatic rings. The van der Waals surface area contributed by atoms with Crippen molar-refractivity contribution in [3.63, 3.8) is 0 Å². The smallest absolute Gasteiger partial charge is 0.179 e. The van der Waals surface area contributed by atoms with Crippen molar-refractivity contribution in [2.24, 2.45) is 0 Å². The van der Waals surface area contributed by atoms with Crippen LogP contribution in [0.2, 0.25) is 5.02 Å². The highest BCUT2D eigenvalue weighted by atomic mass is 35.5. The number of halogens is 1. The Hall–Kier alpha value is -0.870. The summed E-state index contributed by atoms with van der Waals surface area (Å²) in [6.45, 7) is 1.51. The van der Waals surface area contributed by atoms with Crippen LogP contribution in [-0.2, 0) is 9.84 Å². The molecule has 0 unspecified atom stereocenters. The van der Waals surface area contributed by atoms with Gasteiger partial charge in [0.25, 0.3) is 0 Å². The minimum Gasteiger partial charge on any atom is -0.293 e. The fourth-order valence-corrected chi connectivity index (χ4v) is 2.07. The van der Waals surface area contributed by atoms with Gasteiger partial charge in [0.1, 0.15) is 5.75 Å². The van der Waals surface area contributed by atoms with E-state index in [1.807, 2.05) is 0 Å². The molecule has 0 amide bonds. The van der Waals surface area contributed by atoms with Gasteiger partial charge >= 0.3 is 0 Å². The van der Waals surface area contributed by atoms with Crippen LogP contribution in [0.25, 0.3) is 0 Å². The van der Waals surface area contributed by atoms with Gasteiger partial charge in [0.2, 0.25) is 0 Å². The molecular weight excluding hydrogens is 236 g/mol. The maximum absolute atomic E-state index is 11.6. The fraction of sp³-hybridized carbons (Fsp3) is 0.300. The van der Waals surface area contributed by atoms with E-state index in [0.29, 0.717) is 0 Å². The summed E-state index contributed by atoms with van der Waals surface area (Å²) in [5, 5.41) is 0.286. The Kier molecular flexibility index (Phi) is 3.88. The van der Waals surface area contributed by atoms with Gasteiger partial charge in [0.05, 0.1) is 5.02 Å². The lowest BCUT2D eigenvalue weighted by Gasteiger charge is -2.02. The largest absolute Gasteiger partial charge is 0.293 e. The molecule has 0 atom stereocenters. The van der Waals surface area contributed by atoms with Crippen LogP contribution in [0, 0.1) is 0 Å². The third kappa shape index (κ3) is 3.32. The highest BCUT2D eigenvalue weighted by molar-refractivity contribution is 7.92. The average molecular weight is 247 g/mol. The van der Waals surface area contributed by atoms with Gasteiger partial charge in [-0.15, -0.1) is 0 Å². The van der Waals surface area contributed by atoms with Crippen molar-refractivity contribution < 1.29 is 13.2 Å². The first-order chi connectivity index (χ1) is 6.96. The van der Waals surface area contributed by atoms with Crippen molar-refractivity contribution in [2.45, 2.75) is 6.92 Å². The minimum atomic E-state index is -3.29. The van der Waals surface area contributed by atoms with Gasteiger partial charge in [0.15, 0.2) is 15.6 Å². The normalized spacial score (nSPS) is 11.3. The van der Waals surface area contributed by atoms with E-state index in [1.54, 1.807) is 18.2 Å². The van der Waals surface area contributed by atoms with E-state index in [4.69, 9.17) is 11.6 Å². The van der Waals surface area contributed by atoms with Crippen molar-refractivity contribution in [3.05, 3.63) is 34.9 Å². The molecule has 5 heteroatoms. The third-order valence-corrected chi connectivity index (χ3v) is 3.88. The number of sulfone groups is 1. The van der Waals surface area contributed by atoms with Crippen LogP contribution >= 0.6 is 11.6 Å². The number of hydrogen-bond acceptors (Lipinski definition) is 3. The van der Waals surface area contributed by atoms with Crippen molar-refractivity contribution >= 4 is 27.2 Å². The van der Waals surface area contributed by atoms with Crippen LogP contribution in [0.15, 0.2) is 24.3 Å². The minimum absolute atomic E-state index is 0.0385. The van der Waals surface area contributed by atoms with Crippen molar-refractivity contribution in [2.75, 3.05) is 11.5 Å². The van der Waals surface area contributed by atoms with E-state index in [9.17, 15) is 13.2 Å². The van der Waals surface area contributed by atoms with Gasteiger partial charge < -0.3 is 0 Å². The standard InChI is InChI=1S/C10H11ClO3S/c1-2-15(13,14)7-10(12)8-5-3-4-6-9(8)11/h3-6H,2,7H2,1H3. The summed E-state index contributed by atoms with van der Waals surface area (Å²) >= 11 is 5.78. The maximum Gasteiger partial charge on any atom is 0.179 e. The lowest BCUT2D eigenvalue weighted by atomic mass is 10.1. The molecule has 0 saturated carbocycles. The zero-order valence-electron chi connectivity index (χ0n) is 8.23. The van der Waals surface area contributed by atoms with Gasteiger partial charge in [-0.05, 0) is 12.1 Å². The van der Waals surface area contributed by atoms with E-state index in [-0.39, 0.29) is 16.3 Å². The van der Waals surface area contributed by atoms with Crippen LogP contribution in [0.5, 0.6) is 0 Å². The lowest BCUT2D eigenvalue weighted by Crippen LogP contribution is -2.18. The second-order valence-electron chi connectivity index (χ2n) is 3.08. The third-order valence-electron chi connectivity index (χ3n) is 1.97. The molecule has 0 fully saturated rings. The Bertz CT molecular complexity index is 465. The molecule has 0 saturated heterocycles. The van der Waals surface area contributed by atoms with Gasteiger partial charge in [-0.3, -0.25) is 4.79 Å². The highest BCUT2D eigenvalue weighted by Gasteiger charge is 2.17. The molecule has 0 radical (unpaired) electrons. The van der Waals surface area contributed by atoms with Gasteiger partial charge in [0, 0.05) is 11.3 Å². The Morgan fingerprint density at radius 3 is 2.47 bits per heavy atom. The Morgan fingerprint density at radius 2 is 1.93 bits per heavy atom. The maximum atomic E-state index is 11.6. The van der Waals surface area contributed by atoms with Crippen LogP contribution in [0.3, 0.4) is 0 Å². The van der Waals surface area contributed by atoms with Crippen LogP contribution in [0.1, 0.15) is 17.3 Å². The second kappa shape index (κ2) is 4.77. The van der Waals surface area contributed by atoms with Crippen molar-refractivity contribution in [1.29, 1.82) is 0 Å². The fourth-order valence-electron chi connectivity index (χ4n) is 1.07. The average Bonchev–Trinajstić information content (AvgIpc) is 2.17. The number of Topliss-reactive ketones (excluding diaryl/α,β-unsaturated/α-hetero) is 1. The quantitative estimate of drug-likeness (QED) is 0.763. The predicted octanol–water partition coefficient (Wildman–Crippen LogP) is 1.96. The Balaban J connectivity index is 2.93. The monoisotopic (exact) mass is 246 g/mol. The molecule has 0 N–H and O–H groups in total. The predicted molar refractivity (Wildman–Crippen MR) is 60.1 cm³/mol. The summed E-state index contributed by atoms with van der Waals surface area (Å²) < 4.78 is 22.5. The zero-order chi connectivity index (χ0) is 11.5. The molecule has 3 nitrogen and oxygen atoms in total. The first-order valence-electron chi connectivity index (χ1n) is 4.44. The van der Waals surface area contributed by atoms with Crippen molar-refractivity contribution in [1.82, 2.24) is 0 Å². The van der Waals surface area contributed by atoms with Crippen LogP contribution < -0.4 is 0 Å². The Labute approximate surface area is 94.0 Å². The summed E-state index contributed by atoms with van der Waals surface area (Å²) in [5.74, 6) is -0.973. The molecule has 0 aliphatic rings. The molecule has 1 rings (SSSR count). The first kappa shape index (κ1) is 12.2. The summed E-state index contributed by atoms with van der Waals surface area (Å²) in [6, 6.07) is 6.42. The number of ketones is 1. The molecule has 82 valence electrons. The van der Waals surface area contributed by atoms with Crippen LogP contribution in [-0.4, -0.2) is 25.7 Å². The second-order valence-corrected chi connectivity index (χ2v) is 5.84. The number of carbonyl (C=O) groups is 1. The topological polar surface area (TPSA) is 51.2 Å². The van der Waals surface area contributed by atoms with Crippen molar-refractivity contribution in [3.8, 4) is 0 Å². The van der Waals surface area contributed by atoms with E-state index in [0.717, 1.165) is 0 Å². The SMILES string of the molecule is CCS(=O)(=O)CC(=O)c1ccccc1Cl. The van der Waals surface area contributed by atoms with E-state index in [2.05, 4.69) is 0 Å². The first-order valence-corrected chi connectivity index (χ1v) is 6.64. The number of hydrogen-bond donors (Lipinski definition) is 0. The molecule has 0 aliphatic heterocycles. The Morgan fingerprint density at radius 1 is 1.33 bits per heavy atom. The summed E-state index contributed by atoms with van der Waals surface area (Å²) in [7, 11) is -3.29. The summed E-state index contributed by atoms with van der Waals surface area (Å²) in [6.07, 6.45) is 0. The summed E-state index contributed by atoms with van der Waals surface area (Å²) in [5.41, 5.74) is 0.260. The number of benzene rings is 1. The van der Waals surface area contributed by atoms with E-state index in [1.165, 1.54) is 13.0 Å². The molecule has 0 aliphatic carbocycles. The van der Waals surface area contributed by atoms with Gasteiger partial charge in [-0.2, -0.15) is 0 Å². The molecule has 0 aromatic heterocycles. The number of rotatable bonds is 4. The van der Waals surface area contributed by atoms with Gasteiger partial charge in [-0.25, -0.2) is 8.42 Å². The van der Waals surface area contributed by atoms with E-state index < -0.39 is 21.4 Å². The molecule has 15 heavy (non-hydrogen) atoms. The zero-order valence-corrected chi connectivity index (χ0v) is 9.81. The molecule has 1 aromatic carbocycles. The molecule has 0 heterocycles. The molecular formula is C10H11ClO3S.